The van der Waals surface area contributed by atoms with Crippen molar-refractivity contribution in [2.45, 2.75) is 19.9 Å². The number of rotatable bonds is 4. The Morgan fingerprint density at radius 3 is 2.90 bits per heavy atom. The van der Waals surface area contributed by atoms with Crippen molar-refractivity contribution in [2.75, 3.05) is 6.61 Å². The number of aryl methyl sites for hydroxylation is 2. The maximum atomic E-state index is 13.5. The second-order valence-electron chi connectivity index (χ2n) is 5.03. The van der Waals surface area contributed by atoms with Gasteiger partial charge in [-0.15, -0.1) is 0 Å². The average molecular weight is 285 g/mol. The third-order valence-corrected chi connectivity index (χ3v) is 3.34. The molecule has 0 aliphatic carbocycles. The van der Waals surface area contributed by atoms with E-state index in [1.807, 2.05) is 23.6 Å². The van der Waals surface area contributed by atoms with Gasteiger partial charge in [0.1, 0.15) is 17.2 Å². The van der Waals surface area contributed by atoms with Crippen LogP contribution in [-0.2, 0) is 6.54 Å². The Kier molecular flexibility index (Phi) is 3.66. The Morgan fingerprint density at radius 2 is 2.14 bits per heavy atom. The first-order chi connectivity index (χ1) is 10.2. The number of hydrogen-bond acceptors (Lipinski definition) is 3. The highest BCUT2D eigenvalue weighted by atomic mass is 19.1. The first-order valence-electron chi connectivity index (χ1n) is 6.89. The van der Waals surface area contributed by atoms with Crippen molar-refractivity contribution in [3.63, 3.8) is 0 Å². The molecule has 0 spiro atoms. The van der Waals surface area contributed by atoms with Crippen LogP contribution in [0.15, 0.2) is 36.5 Å². The summed E-state index contributed by atoms with van der Waals surface area (Å²) >= 11 is 0. The SMILES string of the molecule is Cc1cnc2c(c1)nc(-c1cccc(F)c1)n2CCCO. The van der Waals surface area contributed by atoms with Gasteiger partial charge < -0.3 is 9.67 Å². The van der Waals surface area contributed by atoms with Crippen LogP contribution in [-0.4, -0.2) is 26.2 Å². The number of imidazole rings is 1. The highest BCUT2D eigenvalue weighted by molar-refractivity contribution is 5.77. The number of aromatic nitrogens is 3. The Balaban J connectivity index is 2.20. The molecule has 0 saturated heterocycles. The molecule has 0 amide bonds. The normalized spacial score (nSPS) is 11.2. The number of aliphatic hydroxyl groups is 1. The molecule has 3 rings (SSSR count). The largest absolute Gasteiger partial charge is 0.396 e. The molecule has 21 heavy (non-hydrogen) atoms. The summed E-state index contributed by atoms with van der Waals surface area (Å²) in [5.74, 6) is 0.383. The number of aliphatic hydroxyl groups excluding tert-OH is 1. The van der Waals surface area contributed by atoms with Gasteiger partial charge in [-0.25, -0.2) is 14.4 Å². The van der Waals surface area contributed by atoms with Crippen LogP contribution in [0.3, 0.4) is 0 Å². The van der Waals surface area contributed by atoms with E-state index in [9.17, 15) is 4.39 Å². The summed E-state index contributed by atoms with van der Waals surface area (Å²) in [4.78, 5) is 9.02. The minimum atomic E-state index is -0.294. The van der Waals surface area contributed by atoms with E-state index in [1.165, 1.54) is 12.1 Å². The number of nitrogens with zero attached hydrogens (tertiary/aromatic N) is 3. The van der Waals surface area contributed by atoms with E-state index in [-0.39, 0.29) is 12.4 Å². The molecule has 0 fully saturated rings. The van der Waals surface area contributed by atoms with E-state index in [0.29, 0.717) is 24.4 Å². The van der Waals surface area contributed by atoms with Gasteiger partial charge in [0.25, 0.3) is 0 Å². The van der Waals surface area contributed by atoms with Gasteiger partial charge in [-0.05, 0) is 37.1 Å². The van der Waals surface area contributed by atoms with Crippen LogP contribution in [0.1, 0.15) is 12.0 Å². The molecule has 3 aromatic rings. The predicted molar refractivity (Wildman–Crippen MR) is 79.4 cm³/mol. The molecule has 0 aliphatic heterocycles. The lowest BCUT2D eigenvalue weighted by Crippen LogP contribution is -2.03. The maximum absolute atomic E-state index is 13.5. The van der Waals surface area contributed by atoms with Crippen LogP contribution in [0.25, 0.3) is 22.6 Å². The predicted octanol–water partition coefficient (Wildman–Crippen LogP) is 2.93. The topological polar surface area (TPSA) is 50.9 Å². The van der Waals surface area contributed by atoms with Gasteiger partial charge >= 0.3 is 0 Å². The van der Waals surface area contributed by atoms with Gasteiger partial charge in [0, 0.05) is 24.9 Å². The Bertz CT molecular complexity index is 782. The van der Waals surface area contributed by atoms with Crippen LogP contribution in [0, 0.1) is 12.7 Å². The fourth-order valence-electron chi connectivity index (χ4n) is 2.40. The maximum Gasteiger partial charge on any atom is 0.160 e. The van der Waals surface area contributed by atoms with Crippen molar-refractivity contribution in [3.8, 4) is 11.4 Å². The Morgan fingerprint density at radius 1 is 1.29 bits per heavy atom. The number of benzene rings is 1. The first-order valence-corrected chi connectivity index (χ1v) is 6.89. The monoisotopic (exact) mass is 285 g/mol. The van der Waals surface area contributed by atoms with Gasteiger partial charge in [-0.2, -0.15) is 0 Å². The van der Waals surface area contributed by atoms with Crippen molar-refractivity contribution in [3.05, 3.63) is 47.9 Å². The lowest BCUT2D eigenvalue weighted by molar-refractivity contribution is 0.280. The molecule has 0 aliphatic rings. The molecule has 5 heteroatoms. The smallest absolute Gasteiger partial charge is 0.160 e. The van der Waals surface area contributed by atoms with Crippen molar-refractivity contribution in [1.82, 2.24) is 14.5 Å². The summed E-state index contributed by atoms with van der Waals surface area (Å²) < 4.78 is 15.4. The molecular weight excluding hydrogens is 269 g/mol. The minimum Gasteiger partial charge on any atom is -0.396 e. The van der Waals surface area contributed by atoms with E-state index in [0.717, 1.165) is 16.7 Å². The summed E-state index contributed by atoms with van der Waals surface area (Å²) in [7, 11) is 0. The van der Waals surface area contributed by atoms with E-state index < -0.39 is 0 Å². The van der Waals surface area contributed by atoms with Crippen LogP contribution in [0.2, 0.25) is 0 Å². The van der Waals surface area contributed by atoms with E-state index in [2.05, 4.69) is 9.97 Å². The van der Waals surface area contributed by atoms with E-state index in [1.54, 1.807) is 12.3 Å². The fourth-order valence-corrected chi connectivity index (χ4v) is 2.40. The lowest BCUT2D eigenvalue weighted by atomic mass is 10.2. The van der Waals surface area contributed by atoms with Gasteiger partial charge in [0.15, 0.2) is 5.65 Å². The number of halogens is 1. The highest BCUT2D eigenvalue weighted by Gasteiger charge is 2.14. The minimum absolute atomic E-state index is 0.0914. The van der Waals surface area contributed by atoms with Crippen molar-refractivity contribution >= 4 is 11.2 Å². The van der Waals surface area contributed by atoms with Gasteiger partial charge in [-0.1, -0.05) is 12.1 Å². The molecule has 108 valence electrons. The molecule has 0 saturated carbocycles. The molecule has 0 unspecified atom stereocenters. The molecule has 4 nitrogen and oxygen atoms in total. The molecule has 2 aromatic heterocycles. The van der Waals surface area contributed by atoms with Crippen LogP contribution in [0.5, 0.6) is 0 Å². The van der Waals surface area contributed by atoms with Gasteiger partial charge in [-0.3, -0.25) is 0 Å². The third kappa shape index (κ3) is 2.64. The summed E-state index contributed by atoms with van der Waals surface area (Å²) in [5, 5.41) is 9.07. The molecule has 1 aromatic carbocycles. The fraction of sp³-hybridized carbons (Fsp3) is 0.250. The van der Waals surface area contributed by atoms with Crippen molar-refractivity contribution in [2.24, 2.45) is 0 Å². The zero-order valence-corrected chi connectivity index (χ0v) is 11.8. The van der Waals surface area contributed by atoms with Gasteiger partial charge in [0.2, 0.25) is 0 Å². The molecule has 0 radical (unpaired) electrons. The molecule has 1 N–H and O–H groups in total. The number of hydrogen-bond donors (Lipinski definition) is 1. The number of fused-ring (bicyclic) bond motifs is 1. The summed E-state index contributed by atoms with van der Waals surface area (Å²) in [6, 6.07) is 8.32. The van der Waals surface area contributed by atoms with Crippen LogP contribution < -0.4 is 0 Å². The molecule has 2 heterocycles. The second-order valence-corrected chi connectivity index (χ2v) is 5.03. The van der Waals surface area contributed by atoms with Crippen LogP contribution >= 0.6 is 0 Å². The molecular formula is C16H16FN3O. The standard InChI is InChI=1S/C16H16FN3O/c1-11-8-14-16(18-10-11)20(6-3-7-21)15(19-14)12-4-2-5-13(17)9-12/h2,4-5,8-10,21H,3,6-7H2,1H3. The van der Waals surface area contributed by atoms with Crippen LogP contribution in [0.4, 0.5) is 4.39 Å². The zero-order chi connectivity index (χ0) is 14.8. The molecule has 0 atom stereocenters. The molecule has 0 bridgehead atoms. The van der Waals surface area contributed by atoms with E-state index in [4.69, 9.17) is 5.11 Å². The Hall–Kier alpha value is -2.27. The quantitative estimate of drug-likeness (QED) is 0.802. The number of pyridine rings is 1. The summed E-state index contributed by atoms with van der Waals surface area (Å²) in [6.45, 7) is 2.64. The van der Waals surface area contributed by atoms with Crippen molar-refractivity contribution in [1.29, 1.82) is 0 Å². The third-order valence-electron chi connectivity index (χ3n) is 3.34. The van der Waals surface area contributed by atoms with Gasteiger partial charge in [0.05, 0.1) is 0 Å². The first kappa shape index (κ1) is 13.7. The summed E-state index contributed by atoms with van der Waals surface area (Å²) in [5.41, 5.74) is 3.28. The van der Waals surface area contributed by atoms with E-state index >= 15 is 0 Å². The average Bonchev–Trinajstić information content (AvgIpc) is 2.82. The zero-order valence-electron chi connectivity index (χ0n) is 11.8. The Labute approximate surface area is 121 Å². The summed E-state index contributed by atoms with van der Waals surface area (Å²) in [6.07, 6.45) is 2.39. The second kappa shape index (κ2) is 5.61. The lowest BCUT2D eigenvalue weighted by Gasteiger charge is -2.07. The van der Waals surface area contributed by atoms with Crippen molar-refractivity contribution < 1.29 is 9.50 Å². The highest BCUT2D eigenvalue weighted by Crippen LogP contribution is 2.25.